The Morgan fingerprint density at radius 2 is 2.04 bits per heavy atom. The van der Waals surface area contributed by atoms with Crippen LogP contribution in [-0.2, 0) is 0 Å². The number of nitrogens with one attached hydrogen (secondary N) is 2. The zero-order valence-corrected chi connectivity index (χ0v) is 14.8. The molecule has 1 aliphatic heterocycles. The monoisotopic (exact) mass is 339 g/mol. The number of carbonyl (C=O) groups excluding carboxylic acids is 2. The Kier molecular flexibility index (Phi) is 7.52. The standard InChI is InChI=1S/C17H25N3O2.ClH/c1-4-20(3)17(22)14-7-5-6-13(10-14)16(21)19-15-8-9-18-11-12(15)2;/h5-7,10,12,15,18H,4,8-9,11H2,1-3H3,(H,19,21);1H. The average Bonchev–Trinajstić information content (AvgIpc) is 2.55. The first-order chi connectivity index (χ1) is 10.5. The molecule has 128 valence electrons. The van der Waals surface area contributed by atoms with Crippen molar-refractivity contribution in [2.24, 2.45) is 5.92 Å². The number of halogens is 1. The van der Waals surface area contributed by atoms with Gasteiger partial charge in [-0.25, -0.2) is 0 Å². The summed E-state index contributed by atoms with van der Waals surface area (Å²) in [5, 5.41) is 6.41. The van der Waals surface area contributed by atoms with Gasteiger partial charge in [-0.05, 0) is 50.6 Å². The minimum atomic E-state index is -0.104. The third kappa shape index (κ3) is 4.94. The first-order valence-electron chi connectivity index (χ1n) is 7.90. The van der Waals surface area contributed by atoms with Crippen LogP contribution >= 0.6 is 12.4 Å². The van der Waals surface area contributed by atoms with Crippen LogP contribution in [0.4, 0.5) is 0 Å². The van der Waals surface area contributed by atoms with E-state index >= 15 is 0 Å². The highest BCUT2D eigenvalue weighted by atomic mass is 35.5. The molecule has 0 saturated carbocycles. The molecule has 6 heteroatoms. The predicted octanol–water partition coefficient (Wildman–Crippen LogP) is 1.93. The van der Waals surface area contributed by atoms with Gasteiger partial charge in [0.15, 0.2) is 0 Å². The average molecular weight is 340 g/mol. The maximum absolute atomic E-state index is 12.4. The van der Waals surface area contributed by atoms with Gasteiger partial charge in [-0.2, -0.15) is 0 Å². The van der Waals surface area contributed by atoms with Gasteiger partial charge >= 0.3 is 0 Å². The lowest BCUT2D eigenvalue weighted by Crippen LogP contribution is -2.48. The Labute approximate surface area is 144 Å². The third-order valence-electron chi connectivity index (χ3n) is 4.29. The van der Waals surface area contributed by atoms with E-state index in [0.29, 0.717) is 23.6 Å². The van der Waals surface area contributed by atoms with Crippen molar-refractivity contribution in [3.8, 4) is 0 Å². The van der Waals surface area contributed by atoms with Crippen LogP contribution in [0.3, 0.4) is 0 Å². The SMILES string of the molecule is CCN(C)C(=O)c1cccc(C(=O)NC2CCNCC2C)c1.Cl. The number of piperidine rings is 1. The summed E-state index contributed by atoms with van der Waals surface area (Å²) >= 11 is 0. The lowest BCUT2D eigenvalue weighted by atomic mass is 9.95. The second-order valence-corrected chi connectivity index (χ2v) is 5.95. The highest BCUT2D eigenvalue weighted by Gasteiger charge is 2.23. The number of rotatable bonds is 4. The number of carbonyl (C=O) groups is 2. The Morgan fingerprint density at radius 1 is 1.35 bits per heavy atom. The summed E-state index contributed by atoms with van der Waals surface area (Å²) in [4.78, 5) is 26.2. The van der Waals surface area contributed by atoms with Crippen molar-refractivity contribution in [3.05, 3.63) is 35.4 Å². The van der Waals surface area contributed by atoms with Gasteiger partial charge in [-0.15, -0.1) is 12.4 Å². The molecule has 0 bridgehead atoms. The molecule has 1 aromatic carbocycles. The van der Waals surface area contributed by atoms with Gasteiger partial charge in [-0.3, -0.25) is 9.59 Å². The van der Waals surface area contributed by atoms with Gasteiger partial charge in [0.25, 0.3) is 11.8 Å². The first-order valence-corrected chi connectivity index (χ1v) is 7.90. The van der Waals surface area contributed by atoms with Crippen molar-refractivity contribution in [3.63, 3.8) is 0 Å². The molecule has 5 nitrogen and oxygen atoms in total. The number of nitrogens with zero attached hydrogens (tertiary/aromatic N) is 1. The van der Waals surface area contributed by atoms with Crippen LogP contribution in [0.1, 0.15) is 41.0 Å². The van der Waals surface area contributed by atoms with Crippen LogP contribution in [0.15, 0.2) is 24.3 Å². The largest absolute Gasteiger partial charge is 0.349 e. The highest BCUT2D eigenvalue weighted by molar-refractivity contribution is 5.99. The normalized spacial score (nSPS) is 20.3. The molecule has 0 radical (unpaired) electrons. The topological polar surface area (TPSA) is 61.4 Å². The minimum absolute atomic E-state index is 0. The number of hydrogen-bond acceptors (Lipinski definition) is 3. The zero-order chi connectivity index (χ0) is 16.1. The van der Waals surface area contributed by atoms with Gasteiger partial charge in [0, 0.05) is 30.8 Å². The summed E-state index contributed by atoms with van der Waals surface area (Å²) in [6.45, 7) is 6.54. The van der Waals surface area contributed by atoms with Crippen LogP contribution < -0.4 is 10.6 Å². The van der Waals surface area contributed by atoms with Crippen LogP contribution in [-0.4, -0.2) is 49.4 Å². The van der Waals surface area contributed by atoms with Crippen molar-refractivity contribution < 1.29 is 9.59 Å². The fraction of sp³-hybridized carbons (Fsp3) is 0.529. The van der Waals surface area contributed by atoms with Crippen molar-refractivity contribution in [1.29, 1.82) is 0 Å². The van der Waals surface area contributed by atoms with E-state index in [1.165, 1.54) is 0 Å². The van der Waals surface area contributed by atoms with E-state index in [-0.39, 0.29) is 30.3 Å². The molecule has 1 aromatic rings. The van der Waals surface area contributed by atoms with E-state index in [2.05, 4.69) is 17.6 Å². The van der Waals surface area contributed by atoms with E-state index in [1.807, 2.05) is 6.92 Å². The second-order valence-electron chi connectivity index (χ2n) is 5.95. The summed E-state index contributed by atoms with van der Waals surface area (Å²) in [5.74, 6) is 0.244. The molecule has 2 amide bonds. The Bertz CT molecular complexity index is 550. The molecule has 23 heavy (non-hydrogen) atoms. The molecule has 1 saturated heterocycles. The van der Waals surface area contributed by atoms with E-state index in [4.69, 9.17) is 0 Å². The fourth-order valence-electron chi connectivity index (χ4n) is 2.64. The molecule has 2 atom stereocenters. The van der Waals surface area contributed by atoms with Crippen LogP contribution in [0.2, 0.25) is 0 Å². The summed E-state index contributed by atoms with van der Waals surface area (Å²) in [7, 11) is 1.76. The summed E-state index contributed by atoms with van der Waals surface area (Å²) in [6, 6.07) is 7.13. The Balaban J connectivity index is 0.00000264. The lowest BCUT2D eigenvalue weighted by molar-refractivity contribution is 0.0802. The van der Waals surface area contributed by atoms with Gasteiger partial charge in [0.2, 0.25) is 0 Å². The van der Waals surface area contributed by atoms with Crippen molar-refractivity contribution in [2.75, 3.05) is 26.7 Å². The molecule has 0 spiro atoms. The maximum atomic E-state index is 12.4. The smallest absolute Gasteiger partial charge is 0.253 e. The first kappa shape index (κ1) is 19.5. The fourth-order valence-corrected chi connectivity index (χ4v) is 2.64. The molecule has 2 N–H and O–H groups in total. The van der Waals surface area contributed by atoms with Crippen LogP contribution in [0.25, 0.3) is 0 Å². The van der Waals surface area contributed by atoms with E-state index < -0.39 is 0 Å². The Morgan fingerprint density at radius 3 is 2.70 bits per heavy atom. The predicted molar refractivity (Wildman–Crippen MR) is 94.2 cm³/mol. The molecular formula is C17H26ClN3O2. The molecule has 0 aromatic heterocycles. The maximum Gasteiger partial charge on any atom is 0.253 e. The quantitative estimate of drug-likeness (QED) is 0.881. The minimum Gasteiger partial charge on any atom is -0.349 e. The Hall–Kier alpha value is -1.59. The van der Waals surface area contributed by atoms with Crippen molar-refractivity contribution >= 4 is 24.2 Å². The summed E-state index contributed by atoms with van der Waals surface area (Å²) < 4.78 is 0. The number of amides is 2. The van der Waals surface area contributed by atoms with E-state index in [9.17, 15) is 9.59 Å². The van der Waals surface area contributed by atoms with Gasteiger partial charge < -0.3 is 15.5 Å². The van der Waals surface area contributed by atoms with Crippen molar-refractivity contribution in [2.45, 2.75) is 26.3 Å². The van der Waals surface area contributed by atoms with Gasteiger partial charge in [0.05, 0.1) is 0 Å². The molecular weight excluding hydrogens is 314 g/mol. The van der Waals surface area contributed by atoms with E-state index in [0.717, 1.165) is 19.5 Å². The van der Waals surface area contributed by atoms with Gasteiger partial charge in [0.1, 0.15) is 0 Å². The number of hydrogen-bond donors (Lipinski definition) is 2. The zero-order valence-electron chi connectivity index (χ0n) is 14.0. The molecule has 2 unspecified atom stereocenters. The molecule has 0 aliphatic carbocycles. The molecule has 1 fully saturated rings. The molecule has 1 aliphatic rings. The van der Waals surface area contributed by atoms with Crippen LogP contribution in [0.5, 0.6) is 0 Å². The van der Waals surface area contributed by atoms with E-state index in [1.54, 1.807) is 36.2 Å². The number of benzene rings is 1. The second kappa shape index (κ2) is 8.89. The third-order valence-corrected chi connectivity index (χ3v) is 4.29. The highest BCUT2D eigenvalue weighted by Crippen LogP contribution is 2.13. The molecule has 2 rings (SSSR count). The summed E-state index contributed by atoms with van der Waals surface area (Å²) in [5.41, 5.74) is 1.09. The van der Waals surface area contributed by atoms with Gasteiger partial charge in [-0.1, -0.05) is 13.0 Å². The lowest BCUT2D eigenvalue weighted by Gasteiger charge is -2.30. The van der Waals surface area contributed by atoms with Crippen molar-refractivity contribution in [1.82, 2.24) is 15.5 Å². The summed E-state index contributed by atoms with van der Waals surface area (Å²) in [6.07, 6.45) is 0.935. The molecule has 1 heterocycles. The van der Waals surface area contributed by atoms with Crippen LogP contribution in [0, 0.1) is 5.92 Å².